The minimum atomic E-state index is -0.446. The number of nitrogens with one attached hydrogen (secondary N) is 1. The topological polar surface area (TPSA) is 61.8 Å². The van der Waals surface area contributed by atoms with Crippen LogP contribution in [0.3, 0.4) is 0 Å². The highest BCUT2D eigenvalue weighted by Gasteiger charge is 2.36. The average Bonchev–Trinajstić information content (AvgIpc) is 2.36. The molecule has 1 heterocycles. The zero-order chi connectivity index (χ0) is 14.7. The Labute approximate surface area is 116 Å². The Hall–Kier alpha value is -0.810. The van der Waals surface area contributed by atoms with Crippen LogP contribution in [0.1, 0.15) is 40.5 Å². The highest BCUT2D eigenvalue weighted by atomic mass is 16.6. The lowest BCUT2D eigenvalue weighted by atomic mass is 9.79. The van der Waals surface area contributed by atoms with Crippen LogP contribution >= 0.6 is 0 Å². The fraction of sp³-hybridized carbons (Fsp3) is 0.929. The maximum atomic E-state index is 11.9. The van der Waals surface area contributed by atoms with Crippen molar-refractivity contribution >= 4 is 6.09 Å². The number of likely N-dealkylation sites (tertiary alicyclic amines) is 1. The highest BCUT2D eigenvalue weighted by molar-refractivity contribution is 5.68. The van der Waals surface area contributed by atoms with Crippen molar-refractivity contribution in [1.82, 2.24) is 10.2 Å². The summed E-state index contributed by atoms with van der Waals surface area (Å²) in [5.74, 6) is 0.376. The summed E-state index contributed by atoms with van der Waals surface area (Å²) < 4.78 is 5.37. The van der Waals surface area contributed by atoms with Gasteiger partial charge in [0.15, 0.2) is 0 Å². The van der Waals surface area contributed by atoms with E-state index in [1.54, 1.807) is 4.90 Å². The molecule has 1 atom stereocenters. The maximum Gasteiger partial charge on any atom is 0.410 e. The van der Waals surface area contributed by atoms with Gasteiger partial charge >= 0.3 is 6.09 Å². The minimum Gasteiger partial charge on any atom is -0.444 e. The van der Waals surface area contributed by atoms with E-state index in [2.05, 4.69) is 5.32 Å². The first-order chi connectivity index (χ1) is 8.72. The Balaban J connectivity index is 2.51. The van der Waals surface area contributed by atoms with Gasteiger partial charge in [-0.1, -0.05) is 0 Å². The normalized spacial score (nSPS) is 21.1. The van der Waals surface area contributed by atoms with Crippen LogP contribution in [-0.4, -0.2) is 54.0 Å². The molecule has 0 aromatic rings. The highest BCUT2D eigenvalue weighted by Crippen LogP contribution is 2.28. The zero-order valence-corrected chi connectivity index (χ0v) is 12.8. The minimum absolute atomic E-state index is 0.112. The third kappa shape index (κ3) is 4.35. The molecular weight excluding hydrogens is 244 g/mol. The van der Waals surface area contributed by atoms with E-state index in [4.69, 9.17) is 4.74 Å². The summed E-state index contributed by atoms with van der Waals surface area (Å²) in [6.07, 6.45) is 1.54. The number of hydrogen-bond acceptors (Lipinski definition) is 4. The lowest BCUT2D eigenvalue weighted by molar-refractivity contribution is 0.0106. The first-order valence-electron chi connectivity index (χ1n) is 6.99. The number of rotatable bonds is 3. The lowest BCUT2D eigenvalue weighted by Crippen LogP contribution is -2.54. The third-order valence-electron chi connectivity index (χ3n) is 3.95. The van der Waals surface area contributed by atoms with Crippen LogP contribution in [0, 0.1) is 5.92 Å². The molecule has 2 N–H and O–H groups in total. The second-order valence-corrected chi connectivity index (χ2v) is 6.57. The number of likely N-dealkylation sites (N-methyl/N-ethyl adjacent to an activating group) is 1. The summed E-state index contributed by atoms with van der Waals surface area (Å²) in [7, 11) is 1.87. The van der Waals surface area contributed by atoms with Gasteiger partial charge in [-0.05, 0) is 53.5 Å². The van der Waals surface area contributed by atoms with Crippen molar-refractivity contribution in [2.45, 2.75) is 51.7 Å². The van der Waals surface area contributed by atoms with Crippen molar-refractivity contribution in [2.75, 3.05) is 26.7 Å². The van der Waals surface area contributed by atoms with Crippen LogP contribution in [0.5, 0.6) is 0 Å². The second kappa shape index (κ2) is 6.09. The van der Waals surface area contributed by atoms with E-state index < -0.39 is 5.60 Å². The molecule has 0 aromatic heterocycles. The zero-order valence-electron chi connectivity index (χ0n) is 12.8. The molecule has 5 heteroatoms. The average molecular weight is 272 g/mol. The van der Waals surface area contributed by atoms with Crippen molar-refractivity contribution in [3.05, 3.63) is 0 Å². The van der Waals surface area contributed by atoms with E-state index in [1.807, 2.05) is 34.7 Å². The molecule has 0 aliphatic carbocycles. The van der Waals surface area contributed by atoms with Gasteiger partial charge in [-0.15, -0.1) is 0 Å². The fourth-order valence-corrected chi connectivity index (χ4v) is 2.44. The number of piperidine rings is 1. The Morgan fingerprint density at radius 1 is 1.32 bits per heavy atom. The van der Waals surface area contributed by atoms with Crippen LogP contribution in [-0.2, 0) is 4.74 Å². The Morgan fingerprint density at radius 2 is 1.84 bits per heavy atom. The smallest absolute Gasteiger partial charge is 0.410 e. The van der Waals surface area contributed by atoms with Gasteiger partial charge in [0.1, 0.15) is 5.60 Å². The molecule has 0 radical (unpaired) electrons. The molecule has 1 unspecified atom stereocenters. The van der Waals surface area contributed by atoms with Gasteiger partial charge in [0, 0.05) is 18.6 Å². The Bertz CT molecular complexity index is 300. The number of aliphatic hydroxyl groups is 1. The third-order valence-corrected chi connectivity index (χ3v) is 3.95. The Kier molecular flexibility index (Phi) is 5.21. The number of carbonyl (C=O) groups is 1. The molecule has 1 rings (SSSR count). The Morgan fingerprint density at radius 3 is 2.21 bits per heavy atom. The number of amides is 1. The molecule has 0 aromatic carbocycles. The number of aliphatic hydroxyl groups excluding tert-OH is 1. The summed E-state index contributed by atoms with van der Waals surface area (Å²) in [4.78, 5) is 13.7. The van der Waals surface area contributed by atoms with Gasteiger partial charge in [0.25, 0.3) is 0 Å². The summed E-state index contributed by atoms with van der Waals surface area (Å²) >= 11 is 0. The molecule has 1 amide bonds. The molecule has 5 nitrogen and oxygen atoms in total. The summed E-state index contributed by atoms with van der Waals surface area (Å²) in [6, 6.07) is 0. The number of ether oxygens (including phenoxy) is 1. The molecule has 1 aliphatic heterocycles. The summed E-state index contributed by atoms with van der Waals surface area (Å²) in [5.41, 5.74) is -0.710. The molecule has 1 aliphatic rings. The predicted molar refractivity (Wildman–Crippen MR) is 75.1 cm³/mol. The molecule has 1 saturated heterocycles. The van der Waals surface area contributed by atoms with Crippen LogP contribution < -0.4 is 5.32 Å². The van der Waals surface area contributed by atoms with Gasteiger partial charge in [-0.25, -0.2) is 4.79 Å². The summed E-state index contributed by atoms with van der Waals surface area (Å²) in [6.45, 7) is 9.15. The largest absolute Gasteiger partial charge is 0.444 e. The van der Waals surface area contributed by atoms with E-state index in [-0.39, 0.29) is 18.2 Å². The van der Waals surface area contributed by atoms with E-state index in [9.17, 15) is 9.90 Å². The van der Waals surface area contributed by atoms with Crippen LogP contribution in [0.2, 0.25) is 0 Å². The van der Waals surface area contributed by atoms with Crippen molar-refractivity contribution in [2.24, 2.45) is 5.92 Å². The fourth-order valence-electron chi connectivity index (χ4n) is 2.44. The van der Waals surface area contributed by atoms with E-state index in [0.717, 1.165) is 12.8 Å². The molecule has 1 fully saturated rings. The van der Waals surface area contributed by atoms with Gasteiger partial charge < -0.3 is 20.1 Å². The van der Waals surface area contributed by atoms with Gasteiger partial charge in [-0.2, -0.15) is 0 Å². The molecule has 19 heavy (non-hydrogen) atoms. The predicted octanol–water partition coefficient (Wildman–Crippen LogP) is 1.60. The van der Waals surface area contributed by atoms with Crippen molar-refractivity contribution < 1.29 is 14.6 Å². The number of carbonyl (C=O) groups excluding carboxylic acids is 1. The van der Waals surface area contributed by atoms with Gasteiger partial charge in [0.2, 0.25) is 0 Å². The van der Waals surface area contributed by atoms with E-state index in [0.29, 0.717) is 19.0 Å². The standard InChI is InChI=1S/C14H28N2O3/c1-13(2,3)19-12(18)16-8-6-11(7-9-16)14(4,10-17)15-5/h11,15,17H,6-10H2,1-5H3. The van der Waals surface area contributed by atoms with Gasteiger partial charge in [-0.3, -0.25) is 0 Å². The molecule has 0 spiro atoms. The lowest BCUT2D eigenvalue weighted by Gasteiger charge is -2.41. The molecule has 0 saturated carbocycles. The SMILES string of the molecule is CNC(C)(CO)C1CCN(C(=O)OC(C)(C)C)CC1. The van der Waals surface area contributed by atoms with Crippen LogP contribution in [0.15, 0.2) is 0 Å². The van der Waals surface area contributed by atoms with Crippen molar-refractivity contribution in [3.8, 4) is 0 Å². The van der Waals surface area contributed by atoms with E-state index >= 15 is 0 Å². The quantitative estimate of drug-likeness (QED) is 0.819. The first-order valence-corrected chi connectivity index (χ1v) is 6.99. The van der Waals surface area contributed by atoms with Gasteiger partial charge in [0.05, 0.1) is 6.61 Å². The number of hydrogen-bond donors (Lipinski definition) is 2. The molecular formula is C14H28N2O3. The summed E-state index contributed by atoms with van der Waals surface area (Å²) in [5, 5.41) is 12.7. The second-order valence-electron chi connectivity index (χ2n) is 6.57. The van der Waals surface area contributed by atoms with Crippen molar-refractivity contribution in [1.29, 1.82) is 0 Å². The van der Waals surface area contributed by atoms with Crippen molar-refractivity contribution in [3.63, 3.8) is 0 Å². The van der Waals surface area contributed by atoms with Crippen LogP contribution in [0.4, 0.5) is 4.79 Å². The first kappa shape index (κ1) is 16.2. The molecule has 112 valence electrons. The maximum absolute atomic E-state index is 11.9. The molecule has 0 bridgehead atoms. The van der Waals surface area contributed by atoms with E-state index in [1.165, 1.54) is 0 Å². The van der Waals surface area contributed by atoms with Crippen LogP contribution in [0.25, 0.3) is 0 Å². The number of nitrogens with zero attached hydrogens (tertiary/aromatic N) is 1. The monoisotopic (exact) mass is 272 g/mol.